The number of thioether (sulfide) groups is 1. The molecule has 2 aliphatic rings. The molecule has 1 heterocycles. The molecule has 0 spiro atoms. The van der Waals surface area contributed by atoms with Gasteiger partial charge in [0, 0.05) is 4.91 Å². The smallest absolute Gasteiger partial charge is 0.0154 e. The summed E-state index contributed by atoms with van der Waals surface area (Å²) in [5, 5.41) is 0. The van der Waals surface area contributed by atoms with Gasteiger partial charge in [0.25, 0.3) is 0 Å². The van der Waals surface area contributed by atoms with Crippen molar-refractivity contribution in [2.45, 2.75) is 25.7 Å². The van der Waals surface area contributed by atoms with Crippen LogP contribution in [0.3, 0.4) is 0 Å². The monoisotopic (exact) mass is 214 g/mol. The minimum absolute atomic E-state index is 1.19. The number of allylic oxidation sites excluding steroid dienone is 3. The average Bonchev–Trinajstić information content (AvgIpc) is 2.77. The molecule has 0 radical (unpaired) electrons. The normalized spacial score (nSPS) is 20.1. The summed E-state index contributed by atoms with van der Waals surface area (Å²) in [4.78, 5) is 3.10. The van der Waals surface area contributed by atoms with E-state index in [0.717, 1.165) is 0 Å². The highest BCUT2D eigenvalue weighted by Gasteiger charge is 2.19. The molecule has 1 aromatic carbocycles. The van der Waals surface area contributed by atoms with Gasteiger partial charge in [0.05, 0.1) is 0 Å². The summed E-state index contributed by atoms with van der Waals surface area (Å²) in [7, 11) is 0. The third kappa shape index (κ3) is 1.76. The van der Waals surface area contributed by atoms with Crippen molar-refractivity contribution >= 4 is 16.7 Å². The zero-order valence-electron chi connectivity index (χ0n) is 8.70. The van der Waals surface area contributed by atoms with Crippen LogP contribution in [0.1, 0.15) is 31.2 Å². The first kappa shape index (κ1) is 9.29. The van der Waals surface area contributed by atoms with Crippen LogP contribution in [-0.2, 0) is 0 Å². The Labute approximate surface area is 95.1 Å². The summed E-state index contributed by atoms with van der Waals surface area (Å²) in [5.74, 6) is 0. The van der Waals surface area contributed by atoms with Gasteiger partial charge in [-0.05, 0) is 36.2 Å². The van der Waals surface area contributed by atoms with E-state index in [-0.39, 0.29) is 0 Å². The maximum absolute atomic E-state index is 2.39. The molecule has 0 bridgehead atoms. The number of rotatable bonds is 1. The Hall–Kier alpha value is -0.950. The summed E-state index contributed by atoms with van der Waals surface area (Å²) in [6.07, 6.45) is 7.59. The third-order valence-electron chi connectivity index (χ3n) is 3.10. The molecule has 0 fully saturated rings. The second-order valence-electron chi connectivity index (χ2n) is 4.12. The first-order valence-corrected chi connectivity index (χ1v) is 6.39. The van der Waals surface area contributed by atoms with E-state index in [9.17, 15) is 0 Å². The Morgan fingerprint density at radius 2 is 1.87 bits per heavy atom. The van der Waals surface area contributed by atoms with E-state index in [4.69, 9.17) is 0 Å². The van der Waals surface area contributed by atoms with E-state index in [1.165, 1.54) is 36.2 Å². The van der Waals surface area contributed by atoms with E-state index in [1.807, 2.05) is 11.8 Å². The van der Waals surface area contributed by atoms with Crippen LogP contribution in [0.4, 0.5) is 0 Å². The summed E-state index contributed by atoms with van der Waals surface area (Å²) in [6.45, 7) is 0. The van der Waals surface area contributed by atoms with Gasteiger partial charge in [0.15, 0.2) is 0 Å². The predicted molar refractivity (Wildman–Crippen MR) is 67.5 cm³/mol. The lowest BCUT2D eigenvalue weighted by atomic mass is 10.1. The maximum atomic E-state index is 2.39. The van der Waals surface area contributed by atoms with Gasteiger partial charge in [0.2, 0.25) is 0 Å². The van der Waals surface area contributed by atoms with Crippen molar-refractivity contribution in [2.24, 2.45) is 0 Å². The van der Waals surface area contributed by atoms with Crippen LogP contribution in [0.15, 0.2) is 46.9 Å². The summed E-state index contributed by atoms with van der Waals surface area (Å²) in [5.41, 5.74) is 3.07. The second kappa shape index (κ2) is 3.90. The van der Waals surface area contributed by atoms with Gasteiger partial charge in [-0.2, -0.15) is 0 Å². The van der Waals surface area contributed by atoms with Crippen molar-refractivity contribution in [2.75, 3.05) is 0 Å². The highest BCUT2D eigenvalue weighted by molar-refractivity contribution is 8.11. The van der Waals surface area contributed by atoms with Crippen LogP contribution in [0.5, 0.6) is 0 Å². The molecule has 0 N–H and O–H groups in total. The van der Waals surface area contributed by atoms with Gasteiger partial charge in [-0.1, -0.05) is 53.7 Å². The number of hydrogen-bond acceptors (Lipinski definition) is 1. The molecule has 0 amide bonds. The van der Waals surface area contributed by atoms with Crippen molar-refractivity contribution in [1.29, 1.82) is 0 Å². The lowest BCUT2D eigenvalue weighted by molar-refractivity contribution is 0.892. The Kier molecular flexibility index (Phi) is 2.41. The highest BCUT2D eigenvalue weighted by Crippen LogP contribution is 2.46. The largest absolute Gasteiger partial charge is 0.0943 e. The minimum Gasteiger partial charge on any atom is -0.0943 e. The van der Waals surface area contributed by atoms with Crippen LogP contribution in [-0.4, -0.2) is 0 Å². The van der Waals surface area contributed by atoms with Crippen LogP contribution in [0.25, 0.3) is 4.91 Å². The van der Waals surface area contributed by atoms with E-state index < -0.39 is 0 Å². The first-order chi connectivity index (χ1) is 7.43. The van der Waals surface area contributed by atoms with E-state index in [1.54, 1.807) is 10.5 Å². The molecule has 1 aliphatic heterocycles. The molecule has 1 aromatic rings. The lowest BCUT2D eigenvalue weighted by Crippen LogP contribution is -1.89. The van der Waals surface area contributed by atoms with Crippen LogP contribution in [0, 0.1) is 0 Å². The van der Waals surface area contributed by atoms with E-state index >= 15 is 0 Å². The Morgan fingerprint density at radius 1 is 1.00 bits per heavy atom. The molecule has 1 heteroatoms. The molecule has 0 nitrogen and oxygen atoms in total. The fourth-order valence-corrected chi connectivity index (χ4v) is 3.55. The summed E-state index contributed by atoms with van der Waals surface area (Å²) < 4.78 is 0. The Balaban J connectivity index is 1.86. The second-order valence-corrected chi connectivity index (χ2v) is 5.26. The van der Waals surface area contributed by atoms with Crippen LogP contribution < -0.4 is 0 Å². The molecule has 0 saturated carbocycles. The summed E-state index contributed by atoms with van der Waals surface area (Å²) >= 11 is 2.00. The van der Waals surface area contributed by atoms with E-state index in [0.29, 0.717) is 0 Å². The van der Waals surface area contributed by atoms with Crippen molar-refractivity contribution in [3.05, 3.63) is 52.4 Å². The molecule has 3 rings (SSSR count). The van der Waals surface area contributed by atoms with Crippen molar-refractivity contribution in [1.82, 2.24) is 0 Å². The van der Waals surface area contributed by atoms with Gasteiger partial charge in [-0.3, -0.25) is 0 Å². The summed E-state index contributed by atoms with van der Waals surface area (Å²) in [6, 6.07) is 10.7. The molecule has 0 atom stereocenters. The highest BCUT2D eigenvalue weighted by atomic mass is 32.2. The fourth-order valence-electron chi connectivity index (χ4n) is 2.29. The van der Waals surface area contributed by atoms with Crippen molar-refractivity contribution in [3.63, 3.8) is 0 Å². The quantitative estimate of drug-likeness (QED) is 0.658. The van der Waals surface area contributed by atoms with Crippen molar-refractivity contribution < 1.29 is 0 Å². The molecule has 76 valence electrons. The lowest BCUT2D eigenvalue weighted by Gasteiger charge is -2.15. The molecule has 0 aromatic heterocycles. The third-order valence-corrected chi connectivity index (χ3v) is 4.46. The fraction of sp³-hybridized carbons (Fsp3) is 0.286. The number of hydrogen-bond donors (Lipinski definition) is 0. The molecule has 1 aliphatic carbocycles. The van der Waals surface area contributed by atoms with Gasteiger partial charge >= 0.3 is 0 Å². The van der Waals surface area contributed by atoms with Gasteiger partial charge in [0.1, 0.15) is 0 Å². The zero-order valence-corrected chi connectivity index (χ0v) is 9.52. The SMILES string of the molecule is C1=C(c2ccccc2)SC2=C(C1)CCC2. The van der Waals surface area contributed by atoms with Gasteiger partial charge in [-0.25, -0.2) is 0 Å². The average molecular weight is 214 g/mol. The standard InChI is InChI=1S/C14H14S/c1-2-5-11(6-3-1)14-10-9-12-7-4-8-13(12)15-14/h1-3,5-6,10H,4,7-9H2. The van der Waals surface area contributed by atoms with Gasteiger partial charge < -0.3 is 0 Å². The zero-order chi connectivity index (χ0) is 10.1. The van der Waals surface area contributed by atoms with Crippen LogP contribution in [0.2, 0.25) is 0 Å². The predicted octanol–water partition coefficient (Wildman–Crippen LogP) is 4.60. The molecular weight excluding hydrogens is 200 g/mol. The Bertz CT molecular complexity index is 426. The van der Waals surface area contributed by atoms with Crippen molar-refractivity contribution in [3.8, 4) is 0 Å². The maximum Gasteiger partial charge on any atom is 0.0154 e. The first-order valence-electron chi connectivity index (χ1n) is 5.58. The van der Waals surface area contributed by atoms with Gasteiger partial charge in [-0.15, -0.1) is 0 Å². The van der Waals surface area contributed by atoms with E-state index in [2.05, 4.69) is 36.4 Å². The molecule has 0 saturated heterocycles. The molecule has 0 unspecified atom stereocenters. The molecule has 15 heavy (non-hydrogen) atoms. The minimum atomic E-state index is 1.19. The number of benzene rings is 1. The van der Waals surface area contributed by atoms with Crippen LogP contribution >= 0.6 is 11.8 Å². The Morgan fingerprint density at radius 3 is 2.73 bits per heavy atom. The topological polar surface area (TPSA) is 0 Å². The molecular formula is C14H14S.